The average Bonchev–Trinajstić information content (AvgIpc) is 2.56. The molecule has 0 heterocycles. The van der Waals surface area contributed by atoms with Crippen LogP contribution in [0.3, 0.4) is 0 Å². The van der Waals surface area contributed by atoms with Crippen LogP contribution in [0, 0.1) is 5.92 Å². The average molecular weight is 225 g/mol. The zero-order chi connectivity index (χ0) is 11.8. The van der Waals surface area contributed by atoms with Gasteiger partial charge in [-0.2, -0.15) is 0 Å². The molecule has 1 aliphatic rings. The van der Waals surface area contributed by atoms with Crippen molar-refractivity contribution in [3.8, 4) is 0 Å². The molecule has 1 rings (SSSR count). The van der Waals surface area contributed by atoms with Gasteiger partial charge in [0.15, 0.2) is 0 Å². The Balaban J connectivity index is 2.53. The van der Waals surface area contributed by atoms with Gasteiger partial charge in [0.2, 0.25) is 5.91 Å². The van der Waals surface area contributed by atoms with Gasteiger partial charge in [0, 0.05) is 19.0 Å². The molecule has 0 bridgehead atoms. The summed E-state index contributed by atoms with van der Waals surface area (Å²) < 4.78 is 0. The van der Waals surface area contributed by atoms with Gasteiger partial charge in [-0.1, -0.05) is 31.8 Å². The van der Waals surface area contributed by atoms with Crippen LogP contribution >= 0.6 is 0 Å². The molecular weight excluding hydrogens is 202 g/mol. The molecule has 0 aromatic carbocycles. The summed E-state index contributed by atoms with van der Waals surface area (Å²) in [4.78, 5) is 13.9. The second kappa shape index (κ2) is 7.44. The van der Waals surface area contributed by atoms with Crippen molar-refractivity contribution in [1.82, 2.24) is 4.90 Å². The van der Waals surface area contributed by atoms with Gasteiger partial charge in [-0.15, -0.1) is 6.58 Å². The predicted octanol–water partition coefficient (Wildman–Crippen LogP) is 1.96. The first-order chi connectivity index (χ1) is 7.79. The number of amides is 1. The van der Waals surface area contributed by atoms with Crippen LogP contribution in [0.5, 0.6) is 0 Å². The van der Waals surface area contributed by atoms with Crippen LogP contribution < -0.4 is 0 Å². The van der Waals surface area contributed by atoms with E-state index < -0.39 is 0 Å². The lowest BCUT2D eigenvalue weighted by atomic mass is 9.98. The monoisotopic (exact) mass is 225 g/mol. The highest BCUT2D eigenvalue weighted by molar-refractivity contribution is 5.79. The number of aliphatic hydroxyl groups is 1. The first-order valence-electron chi connectivity index (χ1n) is 6.30. The fourth-order valence-corrected chi connectivity index (χ4v) is 2.35. The van der Waals surface area contributed by atoms with Gasteiger partial charge in [0.25, 0.3) is 0 Å². The van der Waals surface area contributed by atoms with E-state index in [0.29, 0.717) is 13.1 Å². The predicted molar refractivity (Wildman–Crippen MR) is 65.1 cm³/mol. The van der Waals surface area contributed by atoms with Gasteiger partial charge in [0.1, 0.15) is 0 Å². The molecule has 0 atom stereocenters. The van der Waals surface area contributed by atoms with Gasteiger partial charge in [-0.05, 0) is 12.8 Å². The van der Waals surface area contributed by atoms with E-state index in [1.54, 1.807) is 11.0 Å². The molecule has 3 heteroatoms. The molecule has 92 valence electrons. The third-order valence-electron chi connectivity index (χ3n) is 3.24. The van der Waals surface area contributed by atoms with Crippen molar-refractivity contribution in [3.05, 3.63) is 12.7 Å². The summed E-state index contributed by atoms with van der Waals surface area (Å²) in [5.41, 5.74) is 0. The molecule has 0 aromatic heterocycles. The van der Waals surface area contributed by atoms with E-state index in [9.17, 15) is 4.79 Å². The molecule has 1 saturated carbocycles. The molecule has 0 spiro atoms. The maximum Gasteiger partial charge on any atom is 0.226 e. The summed E-state index contributed by atoms with van der Waals surface area (Å²) in [5, 5.41) is 8.94. The topological polar surface area (TPSA) is 40.5 Å². The lowest BCUT2D eigenvalue weighted by Gasteiger charge is -2.25. The van der Waals surface area contributed by atoms with Gasteiger partial charge in [0.05, 0.1) is 6.61 Å². The molecule has 0 saturated heterocycles. The minimum Gasteiger partial charge on any atom is -0.395 e. The van der Waals surface area contributed by atoms with E-state index in [-0.39, 0.29) is 18.4 Å². The first kappa shape index (κ1) is 13.2. The first-order valence-corrected chi connectivity index (χ1v) is 6.30. The second-order valence-electron chi connectivity index (χ2n) is 4.49. The molecule has 0 radical (unpaired) electrons. The number of carbonyl (C=O) groups is 1. The zero-order valence-electron chi connectivity index (χ0n) is 10.0. The SMILES string of the molecule is C=CCN(CCO)C(=O)C1CCCCCC1. The van der Waals surface area contributed by atoms with Crippen LogP contribution in [-0.4, -0.2) is 35.6 Å². The molecule has 3 nitrogen and oxygen atoms in total. The minimum absolute atomic E-state index is 0.0340. The Hall–Kier alpha value is -0.830. The standard InChI is InChI=1S/C13H23NO2/c1-2-9-14(10-11-15)13(16)12-7-5-3-4-6-8-12/h2,12,15H,1,3-11H2. The summed E-state index contributed by atoms with van der Waals surface area (Å²) in [6.45, 7) is 4.67. The fraction of sp³-hybridized carbons (Fsp3) is 0.769. The van der Waals surface area contributed by atoms with Gasteiger partial charge >= 0.3 is 0 Å². The van der Waals surface area contributed by atoms with E-state index in [1.165, 1.54) is 12.8 Å². The summed E-state index contributed by atoms with van der Waals surface area (Å²) in [7, 11) is 0. The molecule has 1 amide bonds. The van der Waals surface area contributed by atoms with Gasteiger partial charge in [-0.25, -0.2) is 0 Å². The third-order valence-corrected chi connectivity index (χ3v) is 3.24. The van der Waals surface area contributed by atoms with Crippen molar-refractivity contribution < 1.29 is 9.90 Å². The van der Waals surface area contributed by atoms with E-state index >= 15 is 0 Å². The number of aliphatic hydroxyl groups excluding tert-OH is 1. The highest BCUT2D eigenvalue weighted by Crippen LogP contribution is 2.24. The molecule has 1 fully saturated rings. The van der Waals surface area contributed by atoms with Crippen LogP contribution in [-0.2, 0) is 4.79 Å². The number of hydrogen-bond acceptors (Lipinski definition) is 2. The molecule has 0 aliphatic heterocycles. The van der Waals surface area contributed by atoms with Crippen molar-refractivity contribution in [1.29, 1.82) is 0 Å². The van der Waals surface area contributed by atoms with Crippen molar-refractivity contribution in [3.63, 3.8) is 0 Å². The number of nitrogens with zero attached hydrogens (tertiary/aromatic N) is 1. The molecular formula is C13H23NO2. The van der Waals surface area contributed by atoms with Gasteiger partial charge < -0.3 is 10.0 Å². The summed E-state index contributed by atoms with van der Waals surface area (Å²) in [5.74, 6) is 0.379. The second-order valence-corrected chi connectivity index (χ2v) is 4.49. The van der Waals surface area contributed by atoms with E-state index in [0.717, 1.165) is 25.7 Å². The lowest BCUT2D eigenvalue weighted by molar-refractivity contribution is -0.135. The Kier molecular flexibility index (Phi) is 6.16. The van der Waals surface area contributed by atoms with E-state index in [1.807, 2.05) is 0 Å². The van der Waals surface area contributed by atoms with Crippen LogP contribution in [0.25, 0.3) is 0 Å². The van der Waals surface area contributed by atoms with E-state index in [2.05, 4.69) is 6.58 Å². The molecule has 0 aromatic rings. The van der Waals surface area contributed by atoms with Crippen molar-refractivity contribution >= 4 is 5.91 Å². The van der Waals surface area contributed by atoms with E-state index in [4.69, 9.17) is 5.11 Å². The summed E-state index contributed by atoms with van der Waals surface area (Å²) in [6, 6.07) is 0. The Labute approximate surface area is 98.1 Å². The Morgan fingerprint density at radius 2 is 1.94 bits per heavy atom. The molecule has 16 heavy (non-hydrogen) atoms. The summed E-state index contributed by atoms with van der Waals surface area (Å²) in [6.07, 6.45) is 8.59. The Morgan fingerprint density at radius 3 is 2.44 bits per heavy atom. The van der Waals surface area contributed by atoms with Crippen LogP contribution in [0.15, 0.2) is 12.7 Å². The fourth-order valence-electron chi connectivity index (χ4n) is 2.35. The highest BCUT2D eigenvalue weighted by Gasteiger charge is 2.23. The lowest BCUT2D eigenvalue weighted by Crippen LogP contribution is -2.38. The van der Waals surface area contributed by atoms with Crippen molar-refractivity contribution in [2.75, 3.05) is 19.7 Å². The largest absolute Gasteiger partial charge is 0.395 e. The molecule has 0 unspecified atom stereocenters. The van der Waals surface area contributed by atoms with Crippen molar-refractivity contribution in [2.45, 2.75) is 38.5 Å². The summed E-state index contributed by atoms with van der Waals surface area (Å²) >= 11 is 0. The Bertz CT molecular complexity index is 220. The van der Waals surface area contributed by atoms with Gasteiger partial charge in [-0.3, -0.25) is 4.79 Å². The Morgan fingerprint density at radius 1 is 1.31 bits per heavy atom. The number of rotatable bonds is 5. The number of carbonyl (C=O) groups excluding carboxylic acids is 1. The molecule has 1 N–H and O–H groups in total. The van der Waals surface area contributed by atoms with Crippen LogP contribution in [0.2, 0.25) is 0 Å². The zero-order valence-corrected chi connectivity index (χ0v) is 10.0. The highest BCUT2D eigenvalue weighted by atomic mass is 16.3. The smallest absolute Gasteiger partial charge is 0.226 e. The maximum atomic E-state index is 12.2. The quantitative estimate of drug-likeness (QED) is 0.574. The third kappa shape index (κ3) is 3.97. The van der Waals surface area contributed by atoms with Crippen LogP contribution in [0.1, 0.15) is 38.5 Å². The maximum absolute atomic E-state index is 12.2. The van der Waals surface area contributed by atoms with Crippen molar-refractivity contribution in [2.24, 2.45) is 5.92 Å². The molecule has 1 aliphatic carbocycles. The normalized spacial score (nSPS) is 17.8. The van der Waals surface area contributed by atoms with Crippen LogP contribution in [0.4, 0.5) is 0 Å². The number of hydrogen-bond donors (Lipinski definition) is 1. The minimum atomic E-state index is 0.0340.